The SMILES string of the molecule is CCNCc1cc(Br)c(OCc2nnc(C)o2)c(OC)c1. The van der Waals surface area contributed by atoms with Crippen LogP contribution < -0.4 is 14.8 Å². The van der Waals surface area contributed by atoms with E-state index >= 15 is 0 Å². The van der Waals surface area contributed by atoms with Gasteiger partial charge < -0.3 is 19.2 Å². The van der Waals surface area contributed by atoms with E-state index in [4.69, 9.17) is 13.9 Å². The van der Waals surface area contributed by atoms with Gasteiger partial charge in [0, 0.05) is 13.5 Å². The lowest BCUT2D eigenvalue weighted by atomic mass is 10.2. The number of benzene rings is 1. The number of methoxy groups -OCH3 is 1. The molecule has 21 heavy (non-hydrogen) atoms. The Kier molecular flexibility index (Phi) is 5.58. The standard InChI is InChI=1S/C14H18BrN3O3/c1-4-16-7-10-5-11(15)14(12(6-10)19-3)20-8-13-18-17-9(2)21-13/h5-6,16H,4,7-8H2,1-3H3. The van der Waals surface area contributed by atoms with Gasteiger partial charge in [0.25, 0.3) is 5.89 Å². The maximum atomic E-state index is 5.73. The van der Waals surface area contributed by atoms with Crippen molar-refractivity contribution < 1.29 is 13.9 Å². The zero-order valence-electron chi connectivity index (χ0n) is 12.3. The van der Waals surface area contributed by atoms with E-state index in [0.29, 0.717) is 23.3 Å². The number of halogens is 1. The summed E-state index contributed by atoms with van der Waals surface area (Å²) < 4.78 is 17.2. The maximum absolute atomic E-state index is 5.73. The largest absolute Gasteiger partial charge is 0.493 e. The molecule has 1 heterocycles. The normalized spacial score (nSPS) is 10.7. The van der Waals surface area contributed by atoms with Crippen molar-refractivity contribution in [2.45, 2.75) is 27.0 Å². The van der Waals surface area contributed by atoms with Crippen molar-refractivity contribution >= 4 is 15.9 Å². The van der Waals surface area contributed by atoms with Crippen molar-refractivity contribution in [3.63, 3.8) is 0 Å². The van der Waals surface area contributed by atoms with E-state index in [1.165, 1.54) is 0 Å². The molecular formula is C14H18BrN3O3. The van der Waals surface area contributed by atoms with Crippen molar-refractivity contribution in [1.82, 2.24) is 15.5 Å². The third kappa shape index (κ3) is 4.18. The molecule has 2 rings (SSSR count). The Morgan fingerprint density at radius 1 is 1.33 bits per heavy atom. The summed E-state index contributed by atoms with van der Waals surface area (Å²) >= 11 is 3.51. The van der Waals surface area contributed by atoms with Crippen LogP contribution in [0.1, 0.15) is 24.3 Å². The molecule has 0 amide bonds. The number of nitrogens with one attached hydrogen (secondary N) is 1. The van der Waals surface area contributed by atoms with Gasteiger partial charge in [0.05, 0.1) is 11.6 Å². The lowest BCUT2D eigenvalue weighted by Crippen LogP contribution is -2.12. The minimum Gasteiger partial charge on any atom is -0.493 e. The van der Waals surface area contributed by atoms with Gasteiger partial charge in [0.1, 0.15) is 0 Å². The number of aromatic nitrogens is 2. The fourth-order valence-electron chi connectivity index (χ4n) is 1.81. The summed E-state index contributed by atoms with van der Waals surface area (Å²) in [6, 6.07) is 3.95. The van der Waals surface area contributed by atoms with E-state index in [2.05, 4.69) is 38.4 Å². The molecular weight excluding hydrogens is 338 g/mol. The minimum absolute atomic E-state index is 0.197. The first kappa shape index (κ1) is 15.8. The van der Waals surface area contributed by atoms with E-state index < -0.39 is 0 Å². The van der Waals surface area contributed by atoms with Gasteiger partial charge in [-0.1, -0.05) is 6.92 Å². The van der Waals surface area contributed by atoms with Crippen LogP contribution in [0.2, 0.25) is 0 Å². The Morgan fingerprint density at radius 2 is 2.14 bits per heavy atom. The molecule has 1 N–H and O–H groups in total. The molecule has 0 aliphatic heterocycles. The van der Waals surface area contributed by atoms with Crippen molar-refractivity contribution in [2.24, 2.45) is 0 Å². The third-order valence-corrected chi connectivity index (χ3v) is 3.37. The lowest BCUT2D eigenvalue weighted by Gasteiger charge is -2.13. The summed E-state index contributed by atoms with van der Waals surface area (Å²) in [5.41, 5.74) is 1.11. The van der Waals surface area contributed by atoms with Crippen molar-refractivity contribution in [2.75, 3.05) is 13.7 Å². The van der Waals surface area contributed by atoms with Gasteiger partial charge in [-0.2, -0.15) is 0 Å². The second-order valence-corrected chi connectivity index (χ2v) is 5.25. The van der Waals surface area contributed by atoms with Crippen LogP contribution in [0, 0.1) is 6.92 Å². The third-order valence-electron chi connectivity index (χ3n) is 2.78. The van der Waals surface area contributed by atoms with Gasteiger partial charge in [-0.25, -0.2) is 0 Å². The second kappa shape index (κ2) is 7.42. The van der Waals surface area contributed by atoms with Gasteiger partial charge in [0.15, 0.2) is 18.1 Å². The van der Waals surface area contributed by atoms with E-state index in [9.17, 15) is 0 Å². The van der Waals surface area contributed by atoms with Crippen molar-refractivity contribution in [3.05, 3.63) is 34.0 Å². The molecule has 7 heteroatoms. The van der Waals surface area contributed by atoms with Gasteiger partial charge in [-0.15, -0.1) is 10.2 Å². The van der Waals surface area contributed by atoms with E-state index in [1.807, 2.05) is 12.1 Å². The highest BCUT2D eigenvalue weighted by atomic mass is 79.9. The number of nitrogens with zero attached hydrogens (tertiary/aromatic N) is 2. The monoisotopic (exact) mass is 355 g/mol. The van der Waals surface area contributed by atoms with Crippen LogP contribution in [0.3, 0.4) is 0 Å². The highest BCUT2D eigenvalue weighted by Gasteiger charge is 2.13. The Bertz CT molecular complexity index is 601. The molecule has 0 atom stereocenters. The topological polar surface area (TPSA) is 69.4 Å². The Morgan fingerprint density at radius 3 is 2.76 bits per heavy atom. The molecule has 0 bridgehead atoms. The van der Waals surface area contributed by atoms with Gasteiger partial charge in [0.2, 0.25) is 5.89 Å². The van der Waals surface area contributed by atoms with Crippen molar-refractivity contribution in [1.29, 1.82) is 0 Å². The predicted molar refractivity (Wildman–Crippen MR) is 81.4 cm³/mol. The Labute approximate surface area is 132 Å². The highest BCUT2D eigenvalue weighted by Crippen LogP contribution is 2.37. The molecule has 2 aromatic rings. The number of rotatable bonds is 7. The van der Waals surface area contributed by atoms with Crippen LogP contribution in [0.4, 0.5) is 0 Å². The van der Waals surface area contributed by atoms with E-state index in [1.54, 1.807) is 14.0 Å². The van der Waals surface area contributed by atoms with Crippen LogP contribution in [0.25, 0.3) is 0 Å². The van der Waals surface area contributed by atoms with E-state index in [-0.39, 0.29) is 6.61 Å². The van der Waals surface area contributed by atoms with Crippen molar-refractivity contribution in [3.8, 4) is 11.5 Å². The molecule has 6 nitrogen and oxygen atoms in total. The Balaban J connectivity index is 2.14. The molecule has 1 aromatic heterocycles. The van der Waals surface area contributed by atoms with Crippen LogP contribution >= 0.6 is 15.9 Å². The van der Waals surface area contributed by atoms with Gasteiger partial charge in [-0.3, -0.25) is 0 Å². The molecule has 0 radical (unpaired) electrons. The molecule has 0 spiro atoms. The summed E-state index contributed by atoms with van der Waals surface area (Å²) in [4.78, 5) is 0. The molecule has 0 unspecified atom stereocenters. The summed E-state index contributed by atoms with van der Waals surface area (Å²) in [5.74, 6) is 2.22. The minimum atomic E-state index is 0.197. The first-order chi connectivity index (χ1) is 10.1. The summed E-state index contributed by atoms with van der Waals surface area (Å²) in [6.45, 7) is 5.68. The van der Waals surface area contributed by atoms with E-state index in [0.717, 1.165) is 23.1 Å². The van der Waals surface area contributed by atoms with Crippen LogP contribution in [-0.4, -0.2) is 23.9 Å². The molecule has 1 aromatic carbocycles. The fraction of sp³-hybridized carbons (Fsp3) is 0.429. The summed E-state index contributed by atoms with van der Waals surface area (Å²) in [6.07, 6.45) is 0. The number of hydrogen-bond acceptors (Lipinski definition) is 6. The summed E-state index contributed by atoms with van der Waals surface area (Å²) in [5, 5.41) is 10.9. The molecule has 0 saturated heterocycles. The predicted octanol–water partition coefficient (Wildman–Crippen LogP) is 2.84. The zero-order valence-corrected chi connectivity index (χ0v) is 13.9. The first-order valence-corrected chi connectivity index (χ1v) is 7.42. The zero-order chi connectivity index (χ0) is 15.2. The Hall–Kier alpha value is -1.60. The smallest absolute Gasteiger partial charge is 0.253 e. The average molecular weight is 356 g/mol. The average Bonchev–Trinajstić information content (AvgIpc) is 2.89. The van der Waals surface area contributed by atoms with Crippen LogP contribution in [0.15, 0.2) is 21.0 Å². The molecule has 114 valence electrons. The van der Waals surface area contributed by atoms with Crippen LogP contribution in [-0.2, 0) is 13.2 Å². The number of ether oxygens (including phenoxy) is 2. The maximum Gasteiger partial charge on any atom is 0.253 e. The molecule has 0 saturated carbocycles. The molecule has 0 fully saturated rings. The fourth-order valence-corrected chi connectivity index (χ4v) is 2.42. The second-order valence-electron chi connectivity index (χ2n) is 4.39. The molecule has 0 aliphatic rings. The van der Waals surface area contributed by atoms with Gasteiger partial charge in [-0.05, 0) is 40.2 Å². The highest BCUT2D eigenvalue weighted by molar-refractivity contribution is 9.10. The number of aryl methyl sites for hydroxylation is 1. The molecule has 0 aliphatic carbocycles. The first-order valence-electron chi connectivity index (χ1n) is 6.63. The quantitative estimate of drug-likeness (QED) is 0.823. The van der Waals surface area contributed by atoms with Crippen LogP contribution in [0.5, 0.6) is 11.5 Å². The lowest BCUT2D eigenvalue weighted by molar-refractivity contribution is 0.246. The summed E-state index contributed by atoms with van der Waals surface area (Å²) in [7, 11) is 1.61. The number of hydrogen-bond donors (Lipinski definition) is 1. The van der Waals surface area contributed by atoms with Gasteiger partial charge >= 0.3 is 0 Å².